The molecule has 24 heavy (non-hydrogen) atoms. The van der Waals surface area contributed by atoms with Crippen LogP contribution in [0.25, 0.3) is 0 Å². The molecule has 0 aromatic heterocycles. The summed E-state index contributed by atoms with van der Waals surface area (Å²) in [5.74, 6) is 0.729. The Morgan fingerprint density at radius 1 is 1.17 bits per heavy atom. The Morgan fingerprint density at radius 2 is 1.96 bits per heavy atom. The molecule has 2 aromatic carbocycles. The van der Waals surface area contributed by atoms with Gasteiger partial charge in [0, 0.05) is 31.1 Å². The van der Waals surface area contributed by atoms with Gasteiger partial charge in [0.25, 0.3) is 0 Å². The number of aromatic hydroxyl groups is 2. The zero-order chi connectivity index (χ0) is 16.7. The van der Waals surface area contributed by atoms with Gasteiger partial charge < -0.3 is 10.2 Å². The van der Waals surface area contributed by atoms with Crippen molar-refractivity contribution in [1.29, 1.82) is 0 Å². The Balaban J connectivity index is 1.90. The van der Waals surface area contributed by atoms with Crippen LogP contribution < -0.4 is 0 Å². The topological polar surface area (TPSA) is 43.7 Å². The van der Waals surface area contributed by atoms with Crippen molar-refractivity contribution in [2.45, 2.75) is 24.7 Å². The summed E-state index contributed by atoms with van der Waals surface area (Å²) in [7, 11) is 0. The fourth-order valence-corrected chi connectivity index (χ4v) is 4.46. The van der Waals surface area contributed by atoms with Crippen LogP contribution in [0, 0.1) is 0 Å². The molecule has 0 saturated carbocycles. The van der Waals surface area contributed by atoms with E-state index in [0.717, 1.165) is 38.0 Å². The molecule has 124 valence electrons. The lowest BCUT2D eigenvalue weighted by Crippen LogP contribution is -2.30. The lowest BCUT2D eigenvalue weighted by molar-refractivity contribution is 0.283. The molecule has 2 atom stereocenters. The predicted octanol–water partition coefficient (Wildman–Crippen LogP) is 3.76. The highest BCUT2D eigenvalue weighted by Gasteiger charge is 2.36. The Hall–Kier alpha value is -2.26. The van der Waals surface area contributed by atoms with Gasteiger partial charge in [0.15, 0.2) is 11.5 Å². The van der Waals surface area contributed by atoms with Gasteiger partial charge in [-0.15, -0.1) is 6.58 Å². The third kappa shape index (κ3) is 2.40. The average Bonchev–Trinajstić information content (AvgIpc) is 2.94. The SMILES string of the molecule is C=CCN1C[C@@H]2CCc3c(O)c(O)cc(c32)[C@@H](c2ccccc2)C1. The minimum atomic E-state index is 0.0162. The number of nitrogens with zero attached hydrogens (tertiary/aromatic N) is 1. The molecule has 1 heterocycles. The average molecular weight is 321 g/mol. The normalized spacial score (nSPS) is 22.8. The first-order chi connectivity index (χ1) is 11.7. The highest BCUT2D eigenvalue weighted by atomic mass is 16.3. The monoisotopic (exact) mass is 321 g/mol. The molecule has 0 saturated heterocycles. The quantitative estimate of drug-likeness (QED) is 0.668. The number of rotatable bonds is 3. The number of phenols is 2. The highest BCUT2D eigenvalue weighted by Crippen LogP contribution is 2.49. The van der Waals surface area contributed by atoms with Gasteiger partial charge in [0.1, 0.15) is 0 Å². The van der Waals surface area contributed by atoms with Crippen LogP contribution in [0.5, 0.6) is 11.5 Å². The van der Waals surface area contributed by atoms with Gasteiger partial charge in [-0.3, -0.25) is 4.90 Å². The molecule has 3 heteroatoms. The Morgan fingerprint density at radius 3 is 2.71 bits per heavy atom. The van der Waals surface area contributed by atoms with Crippen molar-refractivity contribution in [2.75, 3.05) is 19.6 Å². The predicted molar refractivity (Wildman–Crippen MR) is 95.8 cm³/mol. The van der Waals surface area contributed by atoms with Gasteiger partial charge in [0.2, 0.25) is 0 Å². The van der Waals surface area contributed by atoms with Crippen LogP contribution in [0.15, 0.2) is 49.1 Å². The van der Waals surface area contributed by atoms with Gasteiger partial charge in [-0.2, -0.15) is 0 Å². The summed E-state index contributed by atoms with van der Waals surface area (Å²) in [6.45, 7) is 6.66. The van der Waals surface area contributed by atoms with Crippen molar-refractivity contribution < 1.29 is 10.2 Å². The molecule has 0 amide bonds. The molecule has 2 N–H and O–H groups in total. The minimum Gasteiger partial charge on any atom is -0.504 e. The van der Waals surface area contributed by atoms with Crippen molar-refractivity contribution >= 4 is 0 Å². The molecule has 0 radical (unpaired) electrons. The highest BCUT2D eigenvalue weighted by molar-refractivity contribution is 5.59. The van der Waals surface area contributed by atoms with Crippen molar-refractivity contribution in [1.82, 2.24) is 4.90 Å². The first kappa shape index (κ1) is 15.3. The van der Waals surface area contributed by atoms with E-state index in [1.54, 1.807) is 6.07 Å². The van der Waals surface area contributed by atoms with Gasteiger partial charge in [-0.25, -0.2) is 0 Å². The molecule has 0 unspecified atom stereocenters. The lowest BCUT2D eigenvalue weighted by atomic mass is 9.85. The standard InChI is InChI=1S/C21H23NO2/c1-2-10-22-12-15-8-9-16-20(15)17(11-19(23)21(16)24)18(13-22)14-6-4-3-5-7-14/h2-7,11,15,18,23-24H,1,8-10,12-13H2/t15-,18+/m0/s1. The number of hydrogen-bond acceptors (Lipinski definition) is 3. The van der Waals surface area contributed by atoms with Crippen LogP contribution in [0.3, 0.4) is 0 Å². The van der Waals surface area contributed by atoms with Gasteiger partial charge in [-0.05, 0) is 41.5 Å². The summed E-state index contributed by atoms with van der Waals surface area (Å²) in [4.78, 5) is 2.44. The molecule has 2 aliphatic rings. The Labute approximate surface area is 142 Å². The van der Waals surface area contributed by atoms with Crippen molar-refractivity contribution in [3.05, 3.63) is 71.3 Å². The fourth-order valence-electron chi connectivity index (χ4n) is 4.46. The summed E-state index contributed by atoms with van der Waals surface area (Å²) < 4.78 is 0. The number of phenolic OH excluding ortho intramolecular Hbond substituents is 2. The molecule has 1 aliphatic carbocycles. The first-order valence-corrected chi connectivity index (χ1v) is 8.64. The smallest absolute Gasteiger partial charge is 0.160 e. The summed E-state index contributed by atoms with van der Waals surface area (Å²) in [6, 6.07) is 12.3. The minimum absolute atomic E-state index is 0.0162. The summed E-state index contributed by atoms with van der Waals surface area (Å²) in [5, 5.41) is 20.6. The van der Waals surface area contributed by atoms with E-state index in [0.29, 0.717) is 5.92 Å². The molecule has 2 aromatic rings. The summed E-state index contributed by atoms with van der Waals surface area (Å²) in [6.07, 6.45) is 3.84. The first-order valence-electron chi connectivity index (χ1n) is 8.64. The van der Waals surface area contributed by atoms with Gasteiger partial charge in [0.05, 0.1) is 0 Å². The molecule has 0 bridgehead atoms. The lowest BCUT2D eigenvalue weighted by Gasteiger charge is -2.25. The van der Waals surface area contributed by atoms with Crippen LogP contribution in [-0.2, 0) is 6.42 Å². The maximum absolute atomic E-state index is 10.3. The molecule has 4 rings (SSSR count). The molecule has 0 fully saturated rings. The van der Waals surface area contributed by atoms with Crippen LogP contribution in [0.1, 0.15) is 40.5 Å². The van der Waals surface area contributed by atoms with E-state index < -0.39 is 0 Å². The van der Waals surface area contributed by atoms with E-state index in [-0.39, 0.29) is 17.4 Å². The molecular formula is C21H23NO2. The van der Waals surface area contributed by atoms with Crippen LogP contribution in [-0.4, -0.2) is 34.7 Å². The van der Waals surface area contributed by atoms with Crippen molar-refractivity contribution in [2.24, 2.45) is 0 Å². The number of benzene rings is 2. The Bertz CT molecular complexity index is 769. The van der Waals surface area contributed by atoms with E-state index in [4.69, 9.17) is 0 Å². The van der Waals surface area contributed by atoms with E-state index in [1.165, 1.54) is 16.7 Å². The second kappa shape index (κ2) is 5.99. The van der Waals surface area contributed by atoms with E-state index in [9.17, 15) is 10.2 Å². The summed E-state index contributed by atoms with van der Waals surface area (Å²) in [5.41, 5.74) is 4.66. The second-order valence-corrected chi connectivity index (χ2v) is 6.93. The van der Waals surface area contributed by atoms with Crippen LogP contribution in [0.4, 0.5) is 0 Å². The van der Waals surface area contributed by atoms with Gasteiger partial charge >= 0.3 is 0 Å². The van der Waals surface area contributed by atoms with E-state index in [2.05, 4.69) is 35.7 Å². The number of hydrogen-bond donors (Lipinski definition) is 2. The third-order valence-corrected chi connectivity index (χ3v) is 5.49. The Kier molecular flexibility index (Phi) is 3.81. The van der Waals surface area contributed by atoms with Crippen molar-refractivity contribution in [3.8, 4) is 11.5 Å². The largest absolute Gasteiger partial charge is 0.504 e. The summed E-state index contributed by atoms with van der Waals surface area (Å²) >= 11 is 0. The van der Waals surface area contributed by atoms with E-state index in [1.807, 2.05) is 12.1 Å². The molecule has 0 spiro atoms. The third-order valence-electron chi connectivity index (χ3n) is 5.49. The molecule has 3 nitrogen and oxygen atoms in total. The zero-order valence-electron chi connectivity index (χ0n) is 13.8. The van der Waals surface area contributed by atoms with Crippen LogP contribution in [0.2, 0.25) is 0 Å². The fraction of sp³-hybridized carbons (Fsp3) is 0.333. The maximum atomic E-state index is 10.3. The second-order valence-electron chi connectivity index (χ2n) is 6.93. The zero-order valence-corrected chi connectivity index (χ0v) is 13.8. The van der Waals surface area contributed by atoms with Crippen LogP contribution >= 0.6 is 0 Å². The van der Waals surface area contributed by atoms with Gasteiger partial charge in [-0.1, -0.05) is 36.4 Å². The maximum Gasteiger partial charge on any atom is 0.160 e. The molecule has 1 aliphatic heterocycles. The van der Waals surface area contributed by atoms with Crippen molar-refractivity contribution in [3.63, 3.8) is 0 Å². The molecular weight excluding hydrogens is 298 g/mol. The van der Waals surface area contributed by atoms with E-state index >= 15 is 0 Å².